The van der Waals surface area contributed by atoms with Crippen LogP contribution in [0.3, 0.4) is 0 Å². The van der Waals surface area contributed by atoms with Gasteiger partial charge in [-0.3, -0.25) is 0 Å². The summed E-state index contributed by atoms with van der Waals surface area (Å²) in [6.45, 7) is 2.09. The Labute approximate surface area is 162 Å². The first-order chi connectivity index (χ1) is 11.6. The minimum atomic E-state index is 0. The van der Waals surface area contributed by atoms with E-state index in [0.29, 0.717) is 5.58 Å². The van der Waals surface area contributed by atoms with Gasteiger partial charge in [-0.1, -0.05) is 6.07 Å². The number of fused-ring (bicyclic) bond motifs is 2. The van der Waals surface area contributed by atoms with Crippen LogP contribution in [0.2, 0.25) is 0 Å². The van der Waals surface area contributed by atoms with Crippen molar-refractivity contribution in [1.29, 1.82) is 0 Å². The molecule has 1 aromatic carbocycles. The van der Waals surface area contributed by atoms with Crippen LogP contribution in [0.5, 0.6) is 0 Å². The number of aromatic nitrogens is 3. The molecule has 4 rings (SSSR count). The Morgan fingerprint density at radius 1 is 1.08 bits per heavy atom. The molecule has 0 saturated carbocycles. The molecule has 0 aliphatic carbocycles. The van der Waals surface area contributed by atoms with Gasteiger partial charge in [0.1, 0.15) is 11.2 Å². The molecule has 3 aromatic heterocycles. The minimum Gasteiger partial charge on any atom is -0.424 e. The molecule has 6 nitrogen and oxygen atoms in total. The highest BCUT2D eigenvalue weighted by Crippen LogP contribution is 2.20. The molecular formula is C18H20Cl2N4O2. The number of anilines is 1. The molecule has 0 aliphatic rings. The molecular weight excluding hydrogens is 375 g/mol. The Morgan fingerprint density at radius 3 is 2.65 bits per heavy atom. The molecule has 0 atom stereocenters. The molecule has 0 aliphatic heterocycles. The van der Waals surface area contributed by atoms with Crippen LogP contribution in [-0.2, 0) is 19.4 Å². The lowest BCUT2D eigenvalue weighted by Crippen LogP contribution is -1.95. The van der Waals surface area contributed by atoms with Crippen molar-refractivity contribution in [2.75, 3.05) is 5.73 Å². The second kappa shape index (κ2) is 7.95. The van der Waals surface area contributed by atoms with E-state index in [0.717, 1.165) is 46.5 Å². The molecule has 138 valence electrons. The topological polar surface area (TPSA) is 89.6 Å². The highest BCUT2D eigenvalue weighted by molar-refractivity contribution is 5.85. The van der Waals surface area contributed by atoms with Crippen molar-refractivity contribution in [3.8, 4) is 0 Å². The quantitative estimate of drug-likeness (QED) is 0.552. The van der Waals surface area contributed by atoms with Crippen molar-refractivity contribution in [3.05, 3.63) is 59.0 Å². The maximum atomic E-state index is 9.25. The van der Waals surface area contributed by atoms with Crippen molar-refractivity contribution < 1.29 is 9.52 Å². The fourth-order valence-corrected chi connectivity index (χ4v) is 3.00. The van der Waals surface area contributed by atoms with Gasteiger partial charge >= 0.3 is 0 Å². The summed E-state index contributed by atoms with van der Waals surface area (Å²) in [4.78, 5) is 8.81. The maximum absolute atomic E-state index is 9.25. The van der Waals surface area contributed by atoms with Gasteiger partial charge in [0.25, 0.3) is 6.01 Å². The number of oxazole rings is 1. The summed E-state index contributed by atoms with van der Waals surface area (Å²) in [7, 11) is 0. The van der Waals surface area contributed by atoms with Crippen LogP contribution < -0.4 is 5.73 Å². The lowest BCUT2D eigenvalue weighted by molar-refractivity contribution is 0.282. The summed E-state index contributed by atoms with van der Waals surface area (Å²) >= 11 is 0. The van der Waals surface area contributed by atoms with Crippen molar-refractivity contribution in [2.24, 2.45) is 0 Å². The third kappa shape index (κ3) is 3.62. The van der Waals surface area contributed by atoms with Crippen LogP contribution in [-0.4, -0.2) is 19.5 Å². The third-order valence-corrected chi connectivity index (χ3v) is 4.33. The van der Waals surface area contributed by atoms with Gasteiger partial charge in [0.15, 0.2) is 5.58 Å². The van der Waals surface area contributed by atoms with E-state index in [1.807, 2.05) is 36.5 Å². The van der Waals surface area contributed by atoms with Crippen molar-refractivity contribution in [1.82, 2.24) is 14.4 Å². The van der Waals surface area contributed by atoms with E-state index in [4.69, 9.17) is 15.1 Å². The predicted molar refractivity (Wildman–Crippen MR) is 106 cm³/mol. The molecule has 8 heteroatoms. The molecule has 0 amide bonds. The molecule has 0 spiro atoms. The van der Waals surface area contributed by atoms with E-state index < -0.39 is 0 Å². The number of aryl methyl sites for hydroxylation is 3. The number of halogens is 2. The van der Waals surface area contributed by atoms with E-state index in [9.17, 15) is 5.11 Å². The van der Waals surface area contributed by atoms with E-state index in [1.54, 1.807) is 0 Å². The molecule has 4 aromatic rings. The number of aliphatic hydroxyl groups excluding tert-OH is 1. The first kappa shape index (κ1) is 20.0. The van der Waals surface area contributed by atoms with Crippen LogP contribution in [0.15, 0.2) is 40.9 Å². The van der Waals surface area contributed by atoms with Crippen LogP contribution in [0.1, 0.15) is 22.5 Å². The van der Waals surface area contributed by atoms with E-state index in [-0.39, 0.29) is 37.4 Å². The molecule has 0 saturated heterocycles. The summed E-state index contributed by atoms with van der Waals surface area (Å²) in [6.07, 6.45) is 3.64. The predicted octanol–water partition coefficient (Wildman–Crippen LogP) is 3.49. The van der Waals surface area contributed by atoms with Gasteiger partial charge in [0.2, 0.25) is 0 Å². The van der Waals surface area contributed by atoms with Crippen LogP contribution in [0.4, 0.5) is 6.01 Å². The second-order valence-corrected chi connectivity index (χ2v) is 5.92. The number of nitrogens with zero attached hydrogens (tertiary/aromatic N) is 3. The third-order valence-electron chi connectivity index (χ3n) is 4.33. The van der Waals surface area contributed by atoms with E-state index in [1.165, 1.54) is 0 Å². The van der Waals surface area contributed by atoms with Gasteiger partial charge in [-0.05, 0) is 55.2 Å². The zero-order valence-electron chi connectivity index (χ0n) is 14.2. The van der Waals surface area contributed by atoms with Crippen LogP contribution >= 0.6 is 24.8 Å². The molecule has 3 heterocycles. The van der Waals surface area contributed by atoms with Crippen LogP contribution in [0, 0.1) is 6.92 Å². The van der Waals surface area contributed by atoms with Crippen molar-refractivity contribution in [2.45, 2.75) is 26.4 Å². The standard InChI is InChI=1S/C18H18N4O2.2ClH/c1-11-14(20-17-9-13(10-23)6-7-22(11)17)4-2-12-3-5-15-16(8-12)24-18(19)21-15;;/h3,5-9,23H,2,4,10H2,1H3,(H2,19,21);2*1H. The Balaban J connectivity index is 0.00000121. The number of nitrogens with two attached hydrogens (primary N) is 1. The summed E-state index contributed by atoms with van der Waals surface area (Å²) in [6, 6.07) is 9.97. The average Bonchev–Trinajstić information content (AvgIpc) is 3.11. The summed E-state index contributed by atoms with van der Waals surface area (Å²) < 4.78 is 7.43. The fourth-order valence-electron chi connectivity index (χ4n) is 3.00. The first-order valence-corrected chi connectivity index (χ1v) is 7.86. The Hall–Kier alpha value is -2.28. The van der Waals surface area contributed by atoms with Gasteiger partial charge in [-0.2, -0.15) is 4.98 Å². The number of imidazole rings is 1. The van der Waals surface area contributed by atoms with Gasteiger partial charge in [0.05, 0.1) is 12.3 Å². The normalized spacial score (nSPS) is 10.7. The molecule has 26 heavy (non-hydrogen) atoms. The number of rotatable bonds is 4. The fraction of sp³-hybridized carbons (Fsp3) is 0.222. The zero-order chi connectivity index (χ0) is 16.7. The van der Waals surface area contributed by atoms with E-state index in [2.05, 4.69) is 16.3 Å². The molecule has 3 N–H and O–H groups in total. The number of pyridine rings is 1. The van der Waals surface area contributed by atoms with Crippen molar-refractivity contribution in [3.63, 3.8) is 0 Å². The lowest BCUT2D eigenvalue weighted by Gasteiger charge is -2.01. The Bertz CT molecular complexity index is 1040. The summed E-state index contributed by atoms with van der Waals surface area (Å²) in [5.41, 5.74) is 12.1. The lowest BCUT2D eigenvalue weighted by atomic mass is 10.1. The van der Waals surface area contributed by atoms with Crippen molar-refractivity contribution >= 4 is 47.6 Å². The average molecular weight is 395 g/mol. The number of hydrogen-bond donors (Lipinski definition) is 2. The number of benzene rings is 1. The molecule has 0 unspecified atom stereocenters. The first-order valence-electron chi connectivity index (χ1n) is 7.86. The molecule has 0 bridgehead atoms. The largest absolute Gasteiger partial charge is 0.424 e. The molecule has 0 radical (unpaired) electrons. The van der Waals surface area contributed by atoms with Gasteiger partial charge in [-0.15, -0.1) is 24.8 Å². The highest BCUT2D eigenvalue weighted by atomic mass is 35.5. The highest BCUT2D eigenvalue weighted by Gasteiger charge is 2.10. The monoisotopic (exact) mass is 394 g/mol. The Kier molecular flexibility index (Phi) is 6.13. The number of aliphatic hydroxyl groups is 1. The van der Waals surface area contributed by atoms with Gasteiger partial charge in [0, 0.05) is 11.9 Å². The second-order valence-electron chi connectivity index (χ2n) is 5.92. The molecule has 0 fully saturated rings. The summed E-state index contributed by atoms with van der Waals surface area (Å²) in [5.74, 6) is 0. The summed E-state index contributed by atoms with van der Waals surface area (Å²) in [5, 5.41) is 9.25. The zero-order valence-corrected chi connectivity index (χ0v) is 15.8. The van der Waals surface area contributed by atoms with E-state index >= 15 is 0 Å². The Morgan fingerprint density at radius 2 is 1.88 bits per heavy atom. The minimum absolute atomic E-state index is 0. The number of hydrogen-bond acceptors (Lipinski definition) is 5. The smallest absolute Gasteiger partial charge is 0.292 e. The van der Waals surface area contributed by atoms with Crippen LogP contribution in [0.25, 0.3) is 16.7 Å². The maximum Gasteiger partial charge on any atom is 0.292 e. The van der Waals surface area contributed by atoms with Gasteiger partial charge < -0.3 is 19.7 Å². The SMILES string of the molecule is Cc1c(CCc2ccc3nc(N)oc3c2)nc2cc(CO)ccn12.Cl.Cl. The van der Waals surface area contributed by atoms with Gasteiger partial charge in [-0.25, -0.2) is 4.98 Å². The number of nitrogen functional groups attached to an aromatic ring is 1.